The molecule has 0 atom stereocenters. The van der Waals surface area contributed by atoms with Crippen molar-refractivity contribution in [1.29, 1.82) is 0 Å². The van der Waals surface area contributed by atoms with Crippen molar-refractivity contribution in [2.75, 3.05) is 5.73 Å². The number of rotatable bonds is 1. The first-order chi connectivity index (χ1) is 6.22. The van der Waals surface area contributed by atoms with Gasteiger partial charge in [-0.05, 0) is 17.7 Å². The molecule has 0 aliphatic carbocycles. The van der Waals surface area contributed by atoms with Crippen molar-refractivity contribution in [3.8, 4) is 0 Å². The first-order valence-electron chi connectivity index (χ1n) is 3.73. The summed E-state index contributed by atoms with van der Waals surface area (Å²) in [5.41, 5.74) is 7.05. The Labute approximate surface area is 83.9 Å². The Morgan fingerprint density at radius 2 is 2.23 bits per heavy atom. The topological polar surface area (TPSA) is 26.0 Å². The van der Waals surface area contributed by atoms with E-state index in [-0.39, 0.29) is 5.82 Å². The van der Waals surface area contributed by atoms with Crippen molar-refractivity contribution in [3.05, 3.63) is 28.9 Å². The van der Waals surface area contributed by atoms with Gasteiger partial charge in [-0.3, -0.25) is 0 Å². The SMILES string of the molecule is Nc1csc2c(F)cc(CCl)cc12. The van der Waals surface area contributed by atoms with Crippen LogP contribution in [-0.4, -0.2) is 0 Å². The van der Waals surface area contributed by atoms with Crippen LogP contribution in [0.4, 0.5) is 10.1 Å². The second-order valence-corrected chi connectivity index (χ2v) is 3.93. The molecule has 13 heavy (non-hydrogen) atoms. The predicted octanol–water partition coefficient (Wildman–Crippen LogP) is 3.36. The third-order valence-electron chi connectivity index (χ3n) is 1.87. The van der Waals surface area contributed by atoms with E-state index in [1.54, 1.807) is 5.38 Å². The molecule has 0 saturated heterocycles. The molecule has 1 aromatic heterocycles. The molecule has 1 nitrogen and oxygen atoms in total. The molecule has 1 aromatic carbocycles. The van der Waals surface area contributed by atoms with E-state index >= 15 is 0 Å². The second kappa shape index (κ2) is 3.16. The molecule has 2 aromatic rings. The summed E-state index contributed by atoms with van der Waals surface area (Å²) in [6, 6.07) is 3.28. The second-order valence-electron chi connectivity index (χ2n) is 2.78. The zero-order valence-corrected chi connectivity index (χ0v) is 8.25. The molecule has 2 N–H and O–H groups in total. The average molecular weight is 216 g/mol. The van der Waals surface area contributed by atoms with Crippen LogP contribution in [0.25, 0.3) is 10.1 Å². The number of nitrogen functional groups attached to an aromatic ring is 1. The quantitative estimate of drug-likeness (QED) is 0.726. The van der Waals surface area contributed by atoms with Gasteiger partial charge in [-0.2, -0.15) is 0 Å². The van der Waals surface area contributed by atoms with Crippen LogP contribution in [0.15, 0.2) is 17.5 Å². The number of alkyl halides is 1. The lowest BCUT2D eigenvalue weighted by Gasteiger charge is -1.98. The summed E-state index contributed by atoms with van der Waals surface area (Å²) in [6.07, 6.45) is 0. The van der Waals surface area contributed by atoms with Crippen LogP contribution in [0.5, 0.6) is 0 Å². The Balaban J connectivity index is 2.80. The van der Waals surface area contributed by atoms with E-state index in [1.165, 1.54) is 17.4 Å². The molecule has 2 rings (SSSR count). The van der Waals surface area contributed by atoms with E-state index < -0.39 is 0 Å². The van der Waals surface area contributed by atoms with E-state index in [0.29, 0.717) is 16.3 Å². The lowest BCUT2D eigenvalue weighted by molar-refractivity contribution is 0.640. The van der Waals surface area contributed by atoms with Crippen LogP contribution in [0, 0.1) is 5.82 Å². The summed E-state index contributed by atoms with van der Waals surface area (Å²) in [6.45, 7) is 0. The number of halogens is 2. The summed E-state index contributed by atoms with van der Waals surface area (Å²) >= 11 is 6.93. The van der Waals surface area contributed by atoms with Gasteiger partial charge in [0.1, 0.15) is 5.82 Å². The number of anilines is 1. The van der Waals surface area contributed by atoms with E-state index in [9.17, 15) is 4.39 Å². The van der Waals surface area contributed by atoms with Crippen LogP contribution < -0.4 is 5.73 Å². The molecule has 68 valence electrons. The van der Waals surface area contributed by atoms with Gasteiger partial charge in [0.25, 0.3) is 0 Å². The molecule has 0 saturated carbocycles. The Kier molecular flexibility index (Phi) is 2.14. The standard InChI is InChI=1S/C9H7ClFNS/c10-3-5-1-6-8(12)4-13-9(6)7(11)2-5/h1-2,4H,3,12H2. The maximum atomic E-state index is 13.3. The normalized spacial score (nSPS) is 10.9. The van der Waals surface area contributed by atoms with Gasteiger partial charge in [0.05, 0.1) is 10.4 Å². The van der Waals surface area contributed by atoms with Gasteiger partial charge in [0.2, 0.25) is 0 Å². The summed E-state index contributed by atoms with van der Waals surface area (Å²) < 4.78 is 13.9. The van der Waals surface area contributed by atoms with Crippen LogP contribution >= 0.6 is 22.9 Å². The van der Waals surface area contributed by atoms with E-state index in [0.717, 1.165) is 10.9 Å². The van der Waals surface area contributed by atoms with Crippen LogP contribution in [0.1, 0.15) is 5.56 Å². The number of fused-ring (bicyclic) bond motifs is 1. The molecular weight excluding hydrogens is 209 g/mol. The minimum absolute atomic E-state index is 0.241. The lowest BCUT2D eigenvalue weighted by Crippen LogP contribution is -1.85. The monoisotopic (exact) mass is 215 g/mol. The molecule has 4 heteroatoms. The van der Waals surface area contributed by atoms with Gasteiger partial charge in [0, 0.05) is 16.6 Å². The third-order valence-corrected chi connectivity index (χ3v) is 3.20. The summed E-state index contributed by atoms with van der Waals surface area (Å²) in [5, 5.41) is 2.51. The zero-order valence-electron chi connectivity index (χ0n) is 6.68. The Morgan fingerprint density at radius 1 is 1.46 bits per heavy atom. The number of hydrogen-bond donors (Lipinski definition) is 1. The smallest absolute Gasteiger partial charge is 0.141 e. The van der Waals surface area contributed by atoms with Crippen molar-refractivity contribution in [2.45, 2.75) is 5.88 Å². The Hall–Kier alpha value is -0.800. The average Bonchev–Trinajstić information content (AvgIpc) is 2.48. The number of thiophene rings is 1. The fourth-order valence-electron chi connectivity index (χ4n) is 1.25. The van der Waals surface area contributed by atoms with Gasteiger partial charge in [0.15, 0.2) is 0 Å². The number of nitrogens with two attached hydrogens (primary N) is 1. The van der Waals surface area contributed by atoms with Crippen molar-refractivity contribution in [3.63, 3.8) is 0 Å². The van der Waals surface area contributed by atoms with Crippen molar-refractivity contribution >= 4 is 38.7 Å². The van der Waals surface area contributed by atoms with E-state index in [4.69, 9.17) is 17.3 Å². The van der Waals surface area contributed by atoms with Crippen molar-refractivity contribution in [2.24, 2.45) is 0 Å². The van der Waals surface area contributed by atoms with Gasteiger partial charge in [-0.15, -0.1) is 22.9 Å². The highest BCUT2D eigenvalue weighted by atomic mass is 35.5. The van der Waals surface area contributed by atoms with Crippen LogP contribution in [-0.2, 0) is 5.88 Å². The molecule has 0 radical (unpaired) electrons. The predicted molar refractivity (Wildman–Crippen MR) is 55.8 cm³/mol. The van der Waals surface area contributed by atoms with E-state index in [1.807, 2.05) is 6.07 Å². The highest BCUT2D eigenvalue weighted by Gasteiger charge is 2.07. The Bertz CT molecular complexity index is 452. The summed E-state index contributed by atoms with van der Waals surface area (Å²) in [5.74, 6) is 0.0668. The molecule has 0 aliphatic rings. The first kappa shape index (κ1) is 8.78. The number of benzene rings is 1. The maximum Gasteiger partial charge on any atom is 0.141 e. The molecule has 0 spiro atoms. The minimum atomic E-state index is -0.241. The van der Waals surface area contributed by atoms with Gasteiger partial charge >= 0.3 is 0 Å². The lowest BCUT2D eigenvalue weighted by atomic mass is 10.1. The van der Waals surface area contributed by atoms with Gasteiger partial charge < -0.3 is 5.73 Å². The van der Waals surface area contributed by atoms with Crippen LogP contribution in [0.3, 0.4) is 0 Å². The molecule has 0 amide bonds. The maximum absolute atomic E-state index is 13.3. The molecule has 0 bridgehead atoms. The molecule has 0 fully saturated rings. The fourth-order valence-corrected chi connectivity index (χ4v) is 2.25. The zero-order chi connectivity index (χ0) is 9.42. The molecule has 0 aliphatic heterocycles. The van der Waals surface area contributed by atoms with Crippen molar-refractivity contribution in [1.82, 2.24) is 0 Å². The highest BCUT2D eigenvalue weighted by Crippen LogP contribution is 2.31. The Morgan fingerprint density at radius 3 is 2.92 bits per heavy atom. The molecule has 0 unspecified atom stereocenters. The van der Waals surface area contributed by atoms with Crippen molar-refractivity contribution < 1.29 is 4.39 Å². The van der Waals surface area contributed by atoms with E-state index in [2.05, 4.69) is 0 Å². The first-order valence-corrected chi connectivity index (χ1v) is 5.15. The largest absolute Gasteiger partial charge is 0.398 e. The third kappa shape index (κ3) is 1.38. The van der Waals surface area contributed by atoms with Gasteiger partial charge in [-0.1, -0.05) is 0 Å². The van der Waals surface area contributed by atoms with Crippen LogP contribution in [0.2, 0.25) is 0 Å². The fraction of sp³-hybridized carbons (Fsp3) is 0.111. The highest BCUT2D eigenvalue weighted by molar-refractivity contribution is 7.17. The molecular formula is C9H7ClFNS. The summed E-state index contributed by atoms with van der Waals surface area (Å²) in [4.78, 5) is 0. The number of hydrogen-bond acceptors (Lipinski definition) is 2. The minimum Gasteiger partial charge on any atom is -0.398 e. The summed E-state index contributed by atoms with van der Waals surface area (Å²) in [7, 11) is 0. The molecule has 1 heterocycles. The van der Waals surface area contributed by atoms with Gasteiger partial charge in [-0.25, -0.2) is 4.39 Å².